The molecule has 0 fully saturated rings. The van der Waals surface area contributed by atoms with Gasteiger partial charge in [0.05, 0.1) is 28.7 Å². The van der Waals surface area contributed by atoms with Crippen LogP contribution in [0.15, 0.2) is 54.6 Å². The van der Waals surface area contributed by atoms with E-state index in [1.54, 1.807) is 0 Å². The van der Waals surface area contributed by atoms with Crippen LogP contribution < -0.4 is 4.90 Å². The zero-order valence-corrected chi connectivity index (χ0v) is 14.5. The van der Waals surface area contributed by atoms with Gasteiger partial charge in [0.25, 0.3) is 17.5 Å². The van der Waals surface area contributed by atoms with Gasteiger partial charge in [-0.2, -0.15) is 0 Å². The van der Waals surface area contributed by atoms with Gasteiger partial charge in [-0.25, -0.2) is 9.69 Å². The molecule has 0 bridgehead atoms. The maximum absolute atomic E-state index is 13.1. The summed E-state index contributed by atoms with van der Waals surface area (Å²) in [5, 5.41) is 11.8. The minimum Gasteiger partial charge on any atom is -0.465 e. The lowest BCUT2D eigenvalue weighted by molar-refractivity contribution is -0.383. The maximum Gasteiger partial charge on any atom is 0.337 e. The van der Waals surface area contributed by atoms with E-state index in [2.05, 4.69) is 4.74 Å². The molecule has 8 nitrogen and oxygen atoms in total. The Labute approximate surface area is 158 Å². The van der Waals surface area contributed by atoms with E-state index in [1.165, 1.54) is 61.7 Å². The van der Waals surface area contributed by atoms with Gasteiger partial charge < -0.3 is 4.74 Å². The molecule has 8 heteroatoms. The van der Waals surface area contributed by atoms with E-state index in [-0.39, 0.29) is 38.8 Å². The molecule has 0 spiro atoms. The lowest BCUT2D eigenvalue weighted by atomic mass is 9.92. The Kier molecular flexibility index (Phi) is 3.89. The number of benzene rings is 3. The molecule has 1 aliphatic rings. The highest BCUT2D eigenvalue weighted by Crippen LogP contribution is 2.36. The van der Waals surface area contributed by atoms with Crippen molar-refractivity contribution in [3.8, 4) is 0 Å². The largest absolute Gasteiger partial charge is 0.465 e. The molecule has 3 aromatic rings. The monoisotopic (exact) mass is 376 g/mol. The van der Waals surface area contributed by atoms with Crippen molar-refractivity contribution < 1.29 is 24.0 Å². The van der Waals surface area contributed by atoms with Crippen LogP contribution in [0, 0.1) is 10.1 Å². The van der Waals surface area contributed by atoms with Crippen molar-refractivity contribution in [1.82, 2.24) is 0 Å². The number of nitro groups is 1. The Morgan fingerprint density at radius 3 is 2.36 bits per heavy atom. The van der Waals surface area contributed by atoms with Crippen molar-refractivity contribution in [1.29, 1.82) is 0 Å². The number of methoxy groups -OCH3 is 1. The number of ether oxygens (including phenoxy) is 1. The Balaban J connectivity index is 1.92. The number of non-ortho nitro benzene ring substituents is 1. The van der Waals surface area contributed by atoms with Crippen LogP contribution in [-0.4, -0.2) is 29.8 Å². The molecule has 0 aromatic heterocycles. The molecule has 0 radical (unpaired) electrons. The molecule has 0 aliphatic carbocycles. The molecule has 0 atom stereocenters. The number of carbonyl (C=O) groups is 3. The second-order valence-electron chi connectivity index (χ2n) is 6.11. The number of carbonyl (C=O) groups excluding carboxylic acids is 3. The summed E-state index contributed by atoms with van der Waals surface area (Å²) in [6, 6.07) is 13.1. The number of imide groups is 1. The summed E-state index contributed by atoms with van der Waals surface area (Å²) >= 11 is 0. The summed E-state index contributed by atoms with van der Waals surface area (Å²) in [5.41, 5.74) is 0.577. The van der Waals surface area contributed by atoms with E-state index in [9.17, 15) is 24.5 Å². The van der Waals surface area contributed by atoms with Crippen LogP contribution in [0.5, 0.6) is 0 Å². The van der Waals surface area contributed by atoms with E-state index in [0.717, 1.165) is 4.90 Å². The van der Waals surface area contributed by atoms with Crippen molar-refractivity contribution in [2.45, 2.75) is 0 Å². The summed E-state index contributed by atoms with van der Waals surface area (Å²) < 4.78 is 4.68. The second kappa shape index (κ2) is 6.27. The molecule has 1 heterocycles. The van der Waals surface area contributed by atoms with Crippen LogP contribution in [0.4, 0.5) is 11.4 Å². The molecule has 28 heavy (non-hydrogen) atoms. The zero-order chi connectivity index (χ0) is 20.0. The third kappa shape index (κ3) is 2.43. The van der Waals surface area contributed by atoms with Gasteiger partial charge in [0.2, 0.25) is 0 Å². The lowest BCUT2D eigenvalue weighted by Gasteiger charge is -2.27. The fourth-order valence-corrected chi connectivity index (χ4v) is 3.36. The molecular formula is C20H12N2O6. The summed E-state index contributed by atoms with van der Waals surface area (Å²) in [6.07, 6.45) is 0. The number of hydrogen-bond acceptors (Lipinski definition) is 6. The van der Waals surface area contributed by atoms with Crippen molar-refractivity contribution in [2.24, 2.45) is 0 Å². The van der Waals surface area contributed by atoms with E-state index < -0.39 is 22.7 Å². The number of nitrogens with zero attached hydrogens (tertiary/aromatic N) is 2. The SMILES string of the molecule is COC(=O)c1cccc(N2C(=O)c3cccc4c([N+](=O)[O-])ccc(c34)C2=O)c1. The first-order chi connectivity index (χ1) is 13.4. The maximum atomic E-state index is 13.1. The standard InChI is InChI=1S/C20H12N2O6/c1-28-20(25)11-4-2-5-12(10-11)21-18(23)14-7-3-6-13-16(22(26)27)9-8-15(17(13)14)19(21)24/h2-10H,1H3. The Morgan fingerprint density at radius 1 is 1.00 bits per heavy atom. The molecule has 1 aliphatic heterocycles. The first kappa shape index (κ1) is 17.3. The number of rotatable bonds is 3. The fourth-order valence-electron chi connectivity index (χ4n) is 3.36. The van der Waals surface area contributed by atoms with Gasteiger partial charge in [-0.15, -0.1) is 0 Å². The highest BCUT2D eigenvalue weighted by Gasteiger charge is 2.35. The van der Waals surface area contributed by atoms with Crippen LogP contribution in [0.3, 0.4) is 0 Å². The van der Waals surface area contributed by atoms with Crippen molar-refractivity contribution in [3.05, 3.63) is 81.4 Å². The molecular weight excluding hydrogens is 364 g/mol. The first-order valence-electron chi connectivity index (χ1n) is 8.21. The molecule has 0 saturated carbocycles. The van der Waals surface area contributed by atoms with Crippen molar-refractivity contribution >= 4 is 39.9 Å². The van der Waals surface area contributed by atoms with Crippen LogP contribution in [0.1, 0.15) is 31.1 Å². The van der Waals surface area contributed by atoms with Gasteiger partial charge in [-0.3, -0.25) is 19.7 Å². The van der Waals surface area contributed by atoms with Gasteiger partial charge in [0.15, 0.2) is 0 Å². The van der Waals surface area contributed by atoms with Gasteiger partial charge in [-0.05, 0) is 36.4 Å². The van der Waals surface area contributed by atoms with Crippen LogP contribution in [0.25, 0.3) is 10.8 Å². The number of hydrogen-bond donors (Lipinski definition) is 0. The quantitative estimate of drug-likeness (QED) is 0.300. The van der Waals surface area contributed by atoms with Crippen LogP contribution in [-0.2, 0) is 4.74 Å². The smallest absolute Gasteiger partial charge is 0.337 e. The molecule has 0 N–H and O–H groups in total. The summed E-state index contributed by atoms with van der Waals surface area (Å²) in [4.78, 5) is 49.6. The van der Waals surface area contributed by atoms with Crippen LogP contribution in [0.2, 0.25) is 0 Å². The highest BCUT2D eigenvalue weighted by atomic mass is 16.6. The summed E-state index contributed by atoms with van der Waals surface area (Å²) in [7, 11) is 1.23. The molecule has 0 unspecified atom stereocenters. The van der Waals surface area contributed by atoms with E-state index in [4.69, 9.17) is 0 Å². The first-order valence-corrected chi connectivity index (χ1v) is 8.21. The zero-order valence-electron chi connectivity index (χ0n) is 14.5. The minimum atomic E-state index is -0.620. The molecule has 2 amide bonds. The molecule has 3 aromatic carbocycles. The predicted molar refractivity (Wildman–Crippen MR) is 99.5 cm³/mol. The fraction of sp³-hybridized carbons (Fsp3) is 0.0500. The Bertz CT molecular complexity index is 1180. The lowest BCUT2D eigenvalue weighted by Crippen LogP contribution is -2.40. The normalized spacial score (nSPS) is 13.0. The average Bonchev–Trinajstić information content (AvgIpc) is 2.71. The van der Waals surface area contributed by atoms with Gasteiger partial charge in [0, 0.05) is 22.6 Å². The third-order valence-electron chi connectivity index (χ3n) is 4.61. The summed E-state index contributed by atoms with van der Waals surface area (Å²) in [6.45, 7) is 0. The molecule has 0 saturated heterocycles. The topological polar surface area (TPSA) is 107 Å². The number of anilines is 1. The van der Waals surface area contributed by atoms with E-state index in [1.807, 2.05) is 0 Å². The van der Waals surface area contributed by atoms with Crippen molar-refractivity contribution in [2.75, 3.05) is 12.0 Å². The number of esters is 1. The van der Waals surface area contributed by atoms with Crippen molar-refractivity contribution in [3.63, 3.8) is 0 Å². The van der Waals surface area contributed by atoms with Gasteiger partial charge in [0.1, 0.15) is 0 Å². The predicted octanol–water partition coefficient (Wildman–Crippen LogP) is 3.34. The average molecular weight is 376 g/mol. The molecule has 4 rings (SSSR count). The highest BCUT2D eigenvalue weighted by molar-refractivity contribution is 6.36. The minimum absolute atomic E-state index is 0.178. The Hall–Kier alpha value is -4.07. The van der Waals surface area contributed by atoms with E-state index >= 15 is 0 Å². The Morgan fingerprint density at radius 2 is 1.68 bits per heavy atom. The third-order valence-corrected chi connectivity index (χ3v) is 4.61. The number of amides is 2. The number of nitro benzene ring substituents is 1. The van der Waals surface area contributed by atoms with Gasteiger partial charge in [-0.1, -0.05) is 12.1 Å². The van der Waals surface area contributed by atoms with E-state index in [0.29, 0.717) is 0 Å². The van der Waals surface area contributed by atoms with Gasteiger partial charge >= 0.3 is 5.97 Å². The second-order valence-corrected chi connectivity index (χ2v) is 6.11. The summed E-state index contributed by atoms with van der Waals surface area (Å²) in [5.74, 6) is -1.84. The van der Waals surface area contributed by atoms with Crippen LogP contribution >= 0.6 is 0 Å². The molecule has 138 valence electrons.